The number of oxime groups is 1. The van der Waals surface area contributed by atoms with Crippen LogP contribution in [0.3, 0.4) is 0 Å². The number of ether oxygens (including phenoxy) is 1. The molecule has 0 heterocycles. The van der Waals surface area contributed by atoms with Crippen molar-refractivity contribution in [1.29, 1.82) is 0 Å². The lowest BCUT2D eigenvalue weighted by molar-refractivity contribution is -0.384. The number of nitrogens with zero attached hydrogens (tertiary/aromatic N) is 2. The molecule has 2 aromatic carbocycles. The van der Waals surface area contributed by atoms with Crippen LogP contribution in [0.25, 0.3) is 0 Å². The average Bonchev–Trinajstić information content (AvgIpc) is 2.55. The molecule has 0 spiro atoms. The van der Waals surface area contributed by atoms with Crippen LogP contribution in [0.15, 0.2) is 53.7 Å². The van der Waals surface area contributed by atoms with Crippen LogP contribution in [-0.2, 0) is 6.61 Å². The monoisotopic (exact) mass is 300 g/mol. The Morgan fingerprint density at radius 1 is 1.27 bits per heavy atom. The lowest BCUT2D eigenvalue weighted by atomic mass is 10.1. The first-order valence-corrected chi connectivity index (χ1v) is 6.81. The number of nitro benzene ring substituents is 1. The third-order valence-electron chi connectivity index (χ3n) is 3.17. The second kappa shape index (κ2) is 7.21. The summed E-state index contributed by atoms with van der Waals surface area (Å²) in [6.45, 7) is 2.15. The number of hydrogen-bond donors (Lipinski definition) is 1. The van der Waals surface area contributed by atoms with E-state index in [4.69, 9.17) is 9.94 Å². The highest BCUT2D eigenvalue weighted by Gasteiger charge is 2.06. The van der Waals surface area contributed by atoms with Crippen LogP contribution in [0.2, 0.25) is 0 Å². The summed E-state index contributed by atoms with van der Waals surface area (Å²) in [6.07, 6.45) is 0.629. The third kappa shape index (κ3) is 3.82. The van der Waals surface area contributed by atoms with Crippen molar-refractivity contribution in [3.8, 4) is 5.75 Å². The van der Waals surface area contributed by atoms with Gasteiger partial charge in [-0.05, 0) is 41.8 Å². The van der Waals surface area contributed by atoms with E-state index in [1.54, 1.807) is 36.4 Å². The Balaban J connectivity index is 2.03. The fourth-order valence-corrected chi connectivity index (χ4v) is 2.00. The standard InChI is InChI=1S/C16H16N2O4/c1-2-16(17-19)13-6-8-15(9-7-13)22-11-12-4-3-5-14(10-12)18(20)21/h3-10,19H,2,11H2,1H3/b17-16+. The maximum absolute atomic E-state index is 10.7. The Labute approximate surface area is 127 Å². The first kappa shape index (κ1) is 15.5. The van der Waals surface area contributed by atoms with E-state index in [1.807, 2.05) is 6.92 Å². The molecule has 0 saturated carbocycles. The first-order valence-electron chi connectivity index (χ1n) is 6.81. The molecule has 0 saturated heterocycles. The number of rotatable bonds is 6. The molecule has 0 radical (unpaired) electrons. The molecule has 0 atom stereocenters. The second-order valence-corrected chi connectivity index (χ2v) is 4.64. The zero-order valence-electron chi connectivity index (χ0n) is 12.1. The Morgan fingerprint density at radius 3 is 2.59 bits per heavy atom. The Hall–Kier alpha value is -2.89. The fraction of sp³-hybridized carbons (Fsp3) is 0.188. The lowest BCUT2D eigenvalue weighted by Gasteiger charge is -2.07. The van der Waals surface area contributed by atoms with Crippen molar-refractivity contribution in [3.05, 3.63) is 69.8 Å². The van der Waals surface area contributed by atoms with Gasteiger partial charge in [-0.15, -0.1) is 0 Å². The minimum absolute atomic E-state index is 0.0446. The van der Waals surface area contributed by atoms with Crippen molar-refractivity contribution >= 4 is 11.4 Å². The van der Waals surface area contributed by atoms with Gasteiger partial charge >= 0.3 is 0 Å². The van der Waals surface area contributed by atoms with Crippen LogP contribution in [0.1, 0.15) is 24.5 Å². The predicted octanol–water partition coefficient (Wildman–Crippen LogP) is 3.76. The van der Waals surface area contributed by atoms with Gasteiger partial charge in [0.1, 0.15) is 12.4 Å². The van der Waals surface area contributed by atoms with Crippen molar-refractivity contribution < 1.29 is 14.9 Å². The van der Waals surface area contributed by atoms with E-state index >= 15 is 0 Å². The van der Waals surface area contributed by atoms with Crippen molar-refractivity contribution in [2.45, 2.75) is 20.0 Å². The summed E-state index contributed by atoms with van der Waals surface area (Å²) in [5.74, 6) is 0.642. The number of benzene rings is 2. The van der Waals surface area contributed by atoms with Gasteiger partial charge in [-0.25, -0.2) is 0 Å². The van der Waals surface area contributed by atoms with Gasteiger partial charge in [-0.3, -0.25) is 10.1 Å². The molecule has 6 heteroatoms. The van der Waals surface area contributed by atoms with Gasteiger partial charge in [0.25, 0.3) is 5.69 Å². The lowest BCUT2D eigenvalue weighted by Crippen LogP contribution is -2.00. The molecule has 0 fully saturated rings. The van der Waals surface area contributed by atoms with Crippen molar-refractivity contribution in [2.24, 2.45) is 5.16 Å². The van der Waals surface area contributed by atoms with Gasteiger partial charge < -0.3 is 9.94 Å². The van der Waals surface area contributed by atoms with Crippen LogP contribution in [0.4, 0.5) is 5.69 Å². The SMILES string of the molecule is CC/C(=N\O)c1ccc(OCc2cccc([N+](=O)[O-])c2)cc1. The van der Waals surface area contributed by atoms with E-state index in [9.17, 15) is 10.1 Å². The van der Waals surface area contributed by atoms with Crippen LogP contribution < -0.4 is 4.74 Å². The summed E-state index contributed by atoms with van der Waals surface area (Å²) < 4.78 is 5.60. The summed E-state index contributed by atoms with van der Waals surface area (Å²) >= 11 is 0. The van der Waals surface area contributed by atoms with Crippen molar-refractivity contribution in [3.63, 3.8) is 0 Å². The van der Waals surface area contributed by atoms with Crippen LogP contribution in [0.5, 0.6) is 5.75 Å². The zero-order chi connectivity index (χ0) is 15.9. The van der Waals surface area contributed by atoms with Crippen molar-refractivity contribution in [2.75, 3.05) is 0 Å². The summed E-state index contributed by atoms with van der Waals surface area (Å²) in [4.78, 5) is 10.3. The quantitative estimate of drug-likeness (QED) is 0.381. The molecule has 114 valence electrons. The molecule has 0 unspecified atom stereocenters. The molecule has 0 bridgehead atoms. The molecular weight excluding hydrogens is 284 g/mol. The van der Waals surface area contributed by atoms with E-state index < -0.39 is 4.92 Å². The number of nitro groups is 1. The molecule has 0 amide bonds. The van der Waals surface area contributed by atoms with Gasteiger partial charge in [-0.1, -0.05) is 24.2 Å². The molecular formula is C16H16N2O4. The highest BCUT2D eigenvalue weighted by atomic mass is 16.6. The molecule has 2 rings (SSSR count). The maximum atomic E-state index is 10.7. The molecule has 0 aliphatic carbocycles. The minimum atomic E-state index is -0.432. The van der Waals surface area contributed by atoms with E-state index in [1.165, 1.54) is 12.1 Å². The summed E-state index contributed by atoms with van der Waals surface area (Å²) in [6, 6.07) is 13.5. The smallest absolute Gasteiger partial charge is 0.269 e. The fourth-order valence-electron chi connectivity index (χ4n) is 2.00. The van der Waals surface area contributed by atoms with E-state index in [2.05, 4.69) is 5.16 Å². The molecule has 0 aliphatic heterocycles. The Kier molecular flexibility index (Phi) is 5.08. The van der Waals surface area contributed by atoms with Gasteiger partial charge in [0.05, 0.1) is 10.6 Å². The molecule has 0 aliphatic rings. The second-order valence-electron chi connectivity index (χ2n) is 4.64. The van der Waals surface area contributed by atoms with E-state index in [0.29, 0.717) is 17.9 Å². The minimum Gasteiger partial charge on any atom is -0.489 e. The summed E-state index contributed by atoms with van der Waals surface area (Å²) in [5.41, 5.74) is 2.20. The van der Waals surface area contributed by atoms with Crippen molar-refractivity contribution in [1.82, 2.24) is 0 Å². The summed E-state index contributed by atoms with van der Waals surface area (Å²) in [5, 5.41) is 22.8. The predicted molar refractivity (Wildman–Crippen MR) is 82.5 cm³/mol. The first-order chi connectivity index (χ1) is 10.6. The molecule has 0 aromatic heterocycles. The van der Waals surface area contributed by atoms with Gasteiger partial charge in [-0.2, -0.15) is 0 Å². The highest BCUT2D eigenvalue weighted by molar-refractivity contribution is 6.00. The van der Waals surface area contributed by atoms with E-state index in [0.717, 1.165) is 11.1 Å². The molecule has 1 N–H and O–H groups in total. The molecule has 6 nitrogen and oxygen atoms in total. The van der Waals surface area contributed by atoms with Crippen LogP contribution >= 0.6 is 0 Å². The molecule has 2 aromatic rings. The largest absolute Gasteiger partial charge is 0.489 e. The third-order valence-corrected chi connectivity index (χ3v) is 3.17. The van der Waals surface area contributed by atoms with Gasteiger partial charge in [0.15, 0.2) is 0 Å². The zero-order valence-corrected chi connectivity index (χ0v) is 12.1. The Morgan fingerprint density at radius 2 is 2.00 bits per heavy atom. The normalized spacial score (nSPS) is 11.2. The highest BCUT2D eigenvalue weighted by Crippen LogP contribution is 2.18. The number of hydrogen-bond acceptors (Lipinski definition) is 5. The van der Waals surface area contributed by atoms with Crippen LogP contribution in [-0.4, -0.2) is 15.8 Å². The van der Waals surface area contributed by atoms with Crippen LogP contribution in [0, 0.1) is 10.1 Å². The van der Waals surface area contributed by atoms with Gasteiger partial charge in [0, 0.05) is 12.1 Å². The molecule has 22 heavy (non-hydrogen) atoms. The topological polar surface area (TPSA) is 85.0 Å². The summed E-state index contributed by atoms with van der Waals surface area (Å²) in [7, 11) is 0. The average molecular weight is 300 g/mol. The Bertz CT molecular complexity index is 681. The number of non-ortho nitro benzene ring substituents is 1. The van der Waals surface area contributed by atoms with E-state index in [-0.39, 0.29) is 12.3 Å². The maximum Gasteiger partial charge on any atom is 0.269 e. The van der Waals surface area contributed by atoms with Gasteiger partial charge in [0.2, 0.25) is 0 Å².